The van der Waals surface area contributed by atoms with Gasteiger partial charge in [0.2, 0.25) is 0 Å². The molecule has 2 N–H and O–H groups in total. The highest BCUT2D eigenvalue weighted by atomic mass is 79.9. The molecule has 1 rings (SSSR count). The van der Waals surface area contributed by atoms with Crippen LogP contribution in [0.15, 0.2) is 15.9 Å². The first kappa shape index (κ1) is 13.2. The fourth-order valence-corrected chi connectivity index (χ4v) is 2.92. The van der Waals surface area contributed by atoms with Crippen molar-refractivity contribution in [1.29, 1.82) is 0 Å². The summed E-state index contributed by atoms with van der Waals surface area (Å²) in [5.41, 5.74) is 0. The number of thiophene rings is 1. The first-order chi connectivity index (χ1) is 7.13. The number of nitrogens with one attached hydrogen (secondary N) is 1. The summed E-state index contributed by atoms with van der Waals surface area (Å²) in [6, 6.07) is 2.26. The maximum atomic E-state index is 9.20. The lowest BCUT2D eigenvalue weighted by Crippen LogP contribution is -2.33. The predicted octanol–water partition coefficient (Wildman–Crippen LogP) is 3.01. The molecular formula is C11H18BrNOS. The number of hydrogen-bond acceptors (Lipinski definition) is 3. The molecule has 0 radical (unpaired) electrons. The van der Waals surface area contributed by atoms with E-state index in [0.717, 1.165) is 17.4 Å². The van der Waals surface area contributed by atoms with Gasteiger partial charge in [-0.2, -0.15) is 0 Å². The molecule has 1 unspecified atom stereocenters. The van der Waals surface area contributed by atoms with Crippen molar-refractivity contribution in [1.82, 2.24) is 5.32 Å². The van der Waals surface area contributed by atoms with E-state index in [2.05, 4.69) is 46.5 Å². The lowest BCUT2D eigenvalue weighted by atomic mass is 10.0. The van der Waals surface area contributed by atoms with Crippen molar-refractivity contribution < 1.29 is 5.11 Å². The van der Waals surface area contributed by atoms with Crippen molar-refractivity contribution in [2.75, 3.05) is 6.61 Å². The van der Waals surface area contributed by atoms with Gasteiger partial charge >= 0.3 is 0 Å². The van der Waals surface area contributed by atoms with Crippen molar-refractivity contribution in [3.63, 3.8) is 0 Å². The molecule has 0 saturated heterocycles. The maximum absolute atomic E-state index is 9.20. The Bertz CT molecular complexity index is 288. The molecular weight excluding hydrogens is 274 g/mol. The lowest BCUT2D eigenvalue weighted by molar-refractivity contribution is 0.224. The zero-order valence-corrected chi connectivity index (χ0v) is 11.6. The molecule has 15 heavy (non-hydrogen) atoms. The van der Waals surface area contributed by atoms with E-state index < -0.39 is 0 Å². The summed E-state index contributed by atoms with van der Waals surface area (Å²) in [6.45, 7) is 5.38. The Hall–Kier alpha value is 0.100. The van der Waals surface area contributed by atoms with E-state index in [0.29, 0.717) is 5.92 Å². The topological polar surface area (TPSA) is 32.3 Å². The summed E-state index contributed by atoms with van der Waals surface area (Å²) in [5, 5.41) is 14.6. The number of rotatable bonds is 6. The van der Waals surface area contributed by atoms with E-state index in [1.165, 1.54) is 4.88 Å². The average molecular weight is 292 g/mol. The number of aliphatic hydroxyl groups excluding tert-OH is 1. The maximum Gasteiger partial charge on any atom is 0.0584 e. The molecule has 1 heterocycles. The Balaban J connectivity index is 2.37. The molecule has 0 saturated carbocycles. The molecule has 0 spiro atoms. The summed E-state index contributed by atoms with van der Waals surface area (Å²) in [7, 11) is 0. The largest absolute Gasteiger partial charge is 0.395 e. The van der Waals surface area contributed by atoms with Crippen LogP contribution < -0.4 is 5.32 Å². The van der Waals surface area contributed by atoms with E-state index in [1.54, 1.807) is 11.3 Å². The fraction of sp³-hybridized carbons (Fsp3) is 0.636. The van der Waals surface area contributed by atoms with E-state index in [4.69, 9.17) is 0 Å². The van der Waals surface area contributed by atoms with Crippen LogP contribution in [0.2, 0.25) is 0 Å². The summed E-state index contributed by atoms with van der Waals surface area (Å²) in [4.78, 5) is 1.29. The Morgan fingerprint density at radius 2 is 2.27 bits per heavy atom. The zero-order chi connectivity index (χ0) is 11.3. The van der Waals surface area contributed by atoms with Crippen LogP contribution in [-0.2, 0) is 6.54 Å². The van der Waals surface area contributed by atoms with Crippen LogP contribution in [-0.4, -0.2) is 17.8 Å². The van der Waals surface area contributed by atoms with Gasteiger partial charge in [-0.1, -0.05) is 13.8 Å². The number of halogens is 1. The van der Waals surface area contributed by atoms with Crippen LogP contribution in [0, 0.1) is 5.92 Å². The predicted molar refractivity (Wildman–Crippen MR) is 69.2 cm³/mol. The SMILES string of the molecule is CC(C)CC(CO)NCc1sccc1Br. The molecule has 4 heteroatoms. The standard InChI is InChI=1S/C11H18BrNOS/c1-8(2)5-9(7-14)13-6-11-10(12)3-4-15-11/h3-4,8-9,13-14H,5-7H2,1-2H3. The van der Waals surface area contributed by atoms with Crippen molar-refractivity contribution in [3.05, 3.63) is 20.8 Å². The molecule has 2 nitrogen and oxygen atoms in total. The minimum absolute atomic E-state index is 0.207. The molecule has 1 aromatic heterocycles. The Morgan fingerprint density at radius 1 is 1.53 bits per heavy atom. The minimum Gasteiger partial charge on any atom is -0.395 e. The third-order valence-electron chi connectivity index (χ3n) is 2.22. The highest BCUT2D eigenvalue weighted by molar-refractivity contribution is 9.10. The van der Waals surface area contributed by atoms with Crippen LogP contribution in [0.25, 0.3) is 0 Å². The fourth-order valence-electron chi connectivity index (χ4n) is 1.48. The second-order valence-electron chi connectivity index (χ2n) is 4.08. The van der Waals surface area contributed by atoms with Gasteiger partial charge in [-0.15, -0.1) is 11.3 Å². The second kappa shape index (κ2) is 6.63. The van der Waals surface area contributed by atoms with Gasteiger partial charge in [-0.05, 0) is 39.7 Å². The van der Waals surface area contributed by atoms with Crippen LogP contribution in [0.5, 0.6) is 0 Å². The normalized spacial score (nSPS) is 13.4. The first-order valence-corrected chi connectivity index (χ1v) is 6.86. The molecule has 0 aliphatic heterocycles. The summed E-state index contributed by atoms with van der Waals surface area (Å²) in [6.07, 6.45) is 1.01. The molecule has 86 valence electrons. The molecule has 0 fully saturated rings. The molecule has 0 amide bonds. The van der Waals surface area contributed by atoms with Gasteiger partial charge in [0.05, 0.1) is 6.61 Å². The van der Waals surface area contributed by atoms with Crippen molar-refractivity contribution in [2.24, 2.45) is 5.92 Å². The first-order valence-electron chi connectivity index (χ1n) is 5.19. The quantitative estimate of drug-likeness (QED) is 0.845. The van der Waals surface area contributed by atoms with Gasteiger partial charge in [0.25, 0.3) is 0 Å². The van der Waals surface area contributed by atoms with Gasteiger partial charge in [-0.3, -0.25) is 0 Å². The summed E-state index contributed by atoms with van der Waals surface area (Å²) < 4.78 is 1.15. The zero-order valence-electron chi connectivity index (χ0n) is 9.16. The Kier molecular flexibility index (Phi) is 5.82. The van der Waals surface area contributed by atoms with Crippen LogP contribution in [0.4, 0.5) is 0 Å². The third kappa shape index (κ3) is 4.64. The lowest BCUT2D eigenvalue weighted by Gasteiger charge is -2.17. The number of aliphatic hydroxyl groups is 1. The Labute approximate surface area is 104 Å². The van der Waals surface area contributed by atoms with E-state index in [9.17, 15) is 5.11 Å². The molecule has 0 aliphatic carbocycles. The van der Waals surface area contributed by atoms with Gasteiger partial charge < -0.3 is 10.4 Å². The van der Waals surface area contributed by atoms with Crippen LogP contribution in [0.3, 0.4) is 0 Å². The highest BCUT2D eigenvalue weighted by Gasteiger charge is 2.10. The summed E-state index contributed by atoms with van der Waals surface area (Å²) >= 11 is 5.23. The monoisotopic (exact) mass is 291 g/mol. The van der Waals surface area contributed by atoms with E-state index in [1.807, 2.05) is 0 Å². The van der Waals surface area contributed by atoms with Gasteiger partial charge in [-0.25, -0.2) is 0 Å². The Morgan fingerprint density at radius 3 is 2.73 bits per heavy atom. The summed E-state index contributed by atoms with van der Waals surface area (Å²) in [5.74, 6) is 0.612. The molecule has 0 aliphatic rings. The van der Waals surface area contributed by atoms with Gasteiger partial charge in [0.15, 0.2) is 0 Å². The van der Waals surface area contributed by atoms with Crippen LogP contribution in [0.1, 0.15) is 25.1 Å². The molecule has 0 aromatic carbocycles. The minimum atomic E-state index is 0.207. The van der Waals surface area contributed by atoms with E-state index >= 15 is 0 Å². The van der Waals surface area contributed by atoms with Gasteiger partial charge in [0, 0.05) is 21.9 Å². The molecule has 0 bridgehead atoms. The molecule has 1 aromatic rings. The number of hydrogen-bond donors (Lipinski definition) is 2. The van der Waals surface area contributed by atoms with Crippen LogP contribution >= 0.6 is 27.3 Å². The molecule has 1 atom stereocenters. The van der Waals surface area contributed by atoms with Crippen molar-refractivity contribution >= 4 is 27.3 Å². The second-order valence-corrected chi connectivity index (χ2v) is 5.94. The highest BCUT2D eigenvalue weighted by Crippen LogP contribution is 2.22. The van der Waals surface area contributed by atoms with E-state index in [-0.39, 0.29) is 12.6 Å². The average Bonchev–Trinajstić information content (AvgIpc) is 2.58. The third-order valence-corrected chi connectivity index (χ3v) is 4.14. The van der Waals surface area contributed by atoms with Crippen molar-refractivity contribution in [3.8, 4) is 0 Å². The van der Waals surface area contributed by atoms with Gasteiger partial charge in [0.1, 0.15) is 0 Å². The van der Waals surface area contributed by atoms with Crippen molar-refractivity contribution in [2.45, 2.75) is 32.9 Å². The smallest absolute Gasteiger partial charge is 0.0584 e.